The van der Waals surface area contributed by atoms with Crippen molar-refractivity contribution in [1.82, 2.24) is 9.36 Å². The molecule has 0 atom stereocenters. The van der Waals surface area contributed by atoms with Crippen molar-refractivity contribution in [3.05, 3.63) is 46.7 Å². The molecule has 4 heteroatoms. The fourth-order valence-corrected chi connectivity index (χ4v) is 1.92. The summed E-state index contributed by atoms with van der Waals surface area (Å²) in [7, 11) is 0. The first-order valence-electron chi connectivity index (χ1n) is 4.63. The largest absolute Gasteiger partial charge is 0.294 e. The van der Waals surface area contributed by atoms with Crippen LogP contribution >= 0.6 is 11.5 Å². The van der Waals surface area contributed by atoms with Crippen molar-refractivity contribution in [3.63, 3.8) is 0 Å². The maximum Gasteiger partial charge on any atom is 0.169 e. The Kier molecular flexibility index (Phi) is 2.87. The van der Waals surface area contributed by atoms with E-state index >= 15 is 0 Å². The second-order valence-electron chi connectivity index (χ2n) is 3.20. The molecule has 0 amide bonds. The van der Waals surface area contributed by atoms with E-state index in [2.05, 4.69) is 9.36 Å². The normalized spacial score (nSPS) is 10.2. The molecule has 0 N–H and O–H groups in total. The number of hydrogen-bond donors (Lipinski definition) is 0. The van der Waals surface area contributed by atoms with Crippen LogP contribution in [0.15, 0.2) is 30.3 Å². The van der Waals surface area contributed by atoms with Gasteiger partial charge in [0, 0.05) is 5.56 Å². The maximum absolute atomic E-state index is 11.8. The zero-order chi connectivity index (χ0) is 10.7. The Bertz CT molecular complexity index is 464. The molecule has 76 valence electrons. The number of aryl methyl sites for hydroxylation is 1. The van der Waals surface area contributed by atoms with Crippen molar-refractivity contribution in [2.75, 3.05) is 0 Å². The Morgan fingerprint density at radius 3 is 2.67 bits per heavy atom. The molecule has 0 bridgehead atoms. The Labute approximate surface area is 92.0 Å². The van der Waals surface area contributed by atoms with Crippen LogP contribution in [0.2, 0.25) is 0 Å². The van der Waals surface area contributed by atoms with Gasteiger partial charge in [0.2, 0.25) is 0 Å². The summed E-state index contributed by atoms with van der Waals surface area (Å²) < 4.78 is 4.04. The molecule has 0 spiro atoms. The van der Waals surface area contributed by atoms with Crippen molar-refractivity contribution in [2.24, 2.45) is 0 Å². The van der Waals surface area contributed by atoms with Gasteiger partial charge >= 0.3 is 0 Å². The Morgan fingerprint density at radius 2 is 2.07 bits per heavy atom. The van der Waals surface area contributed by atoms with E-state index < -0.39 is 0 Å². The molecule has 0 radical (unpaired) electrons. The van der Waals surface area contributed by atoms with Crippen molar-refractivity contribution in [3.8, 4) is 0 Å². The van der Waals surface area contributed by atoms with Gasteiger partial charge in [-0.2, -0.15) is 4.37 Å². The minimum Gasteiger partial charge on any atom is -0.294 e. The maximum atomic E-state index is 11.8. The highest BCUT2D eigenvalue weighted by atomic mass is 32.1. The summed E-state index contributed by atoms with van der Waals surface area (Å²) in [5.74, 6) is 0.822. The van der Waals surface area contributed by atoms with E-state index in [-0.39, 0.29) is 5.78 Å². The van der Waals surface area contributed by atoms with Crippen LogP contribution in [0.3, 0.4) is 0 Å². The van der Waals surface area contributed by atoms with Crippen LogP contribution in [-0.4, -0.2) is 15.1 Å². The van der Waals surface area contributed by atoms with Crippen molar-refractivity contribution in [2.45, 2.75) is 13.3 Å². The number of ketones is 1. The predicted molar refractivity (Wildman–Crippen MR) is 59.1 cm³/mol. The minimum absolute atomic E-state index is 0.0896. The molecule has 0 fully saturated rings. The van der Waals surface area contributed by atoms with Crippen LogP contribution in [0, 0.1) is 6.92 Å². The lowest BCUT2D eigenvalue weighted by molar-refractivity contribution is 0.0993. The molecule has 0 aliphatic heterocycles. The highest BCUT2D eigenvalue weighted by molar-refractivity contribution is 7.05. The summed E-state index contributed by atoms with van der Waals surface area (Å²) in [4.78, 5) is 15.9. The van der Waals surface area contributed by atoms with Gasteiger partial charge in [-0.3, -0.25) is 4.79 Å². The number of hydrogen-bond acceptors (Lipinski definition) is 4. The van der Waals surface area contributed by atoms with Crippen molar-refractivity contribution < 1.29 is 4.79 Å². The molecule has 0 saturated carbocycles. The van der Waals surface area contributed by atoms with Gasteiger partial charge in [-0.1, -0.05) is 30.3 Å². The van der Waals surface area contributed by atoms with Crippen molar-refractivity contribution >= 4 is 17.3 Å². The zero-order valence-electron chi connectivity index (χ0n) is 8.30. The molecule has 0 aliphatic carbocycles. The molecular formula is C11H10N2OS. The summed E-state index contributed by atoms with van der Waals surface area (Å²) in [6, 6.07) is 9.25. The molecule has 15 heavy (non-hydrogen) atoms. The topological polar surface area (TPSA) is 42.9 Å². The van der Waals surface area contributed by atoms with Gasteiger partial charge in [-0.25, -0.2) is 4.98 Å². The second-order valence-corrected chi connectivity index (χ2v) is 4.04. The Balaban J connectivity index is 2.11. The first-order valence-corrected chi connectivity index (χ1v) is 5.40. The van der Waals surface area contributed by atoms with Crippen LogP contribution < -0.4 is 0 Å². The van der Waals surface area contributed by atoms with E-state index in [4.69, 9.17) is 0 Å². The molecule has 0 saturated heterocycles. The van der Waals surface area contributed by atoms with E-state index in [1.165, 1.54) is 11.5 Å². The molecule has 3 nitrogen and oxygen atoms in total. The lowest BCUT2D eigenvalue weighted by atomic mass is 10.1. The minimum atomic E-state index is 0.0896. The molecule has 1 aromatic carbocycles. The summed E-state index contributed by atoms with van der Waals surface area (Å²) in [6.07, 6.45) is 0.343. The summed E-state index contributed by atoms with van der Waals surface area (Å²) >= 11 is 1.29. The molecule has 1 heterocycles. The third-order valence-electron chi connectivity index (χ3n) is 1.98. The molecule has 0 unspecified atom stereocenters. The monoisotopic (exact) mass is 218 g/mol. The average Bonchev–Trinajstić information content (AvgIpc) is 2.65. The van der Waals surface area contributed by atoms with Gasteiger partial charge < -0.3 is 0 Å². The van der Waals surface area contributed by atoms with E-state index in [9.17, 15) is 4.79 Å². The molecule has 0 aliphatic rings. The van der Waals surface area contributed by atoms with Gasteiger partial charge in [0.15, 0.2) is 5.78 Å². The summed E-state index contributed by atoms with van der Waals surface area (Å²) in [6.45, 7) is 1.83. The van der Waals surface area contributed by atoms with E-state index in [1.807, 2.05) is 37.3 Å². The van der Waals surface area contributed by atoms with E-state index in [1.54, 1.807) is 0 Å². The lowest BCUT2D eigenvalue weighted by Gasteiger charge is -1.96. The average molecular weight is 218 g/mol. The fraction of sp³-hybridized carbons (Fsp3) is 0.182. The standard InChI is InChI=1S/C11H10N2OS/c1-8-12-11(15-13-8)7-10(14)9-5-3-2-4-6-9/h2-6H,7H2,1H3. The van der Waals surface area contributed by atoms with Gasteiger partial charge in [-0.15, -0.1) is 0 Å². The number of aromatic nitrogens is 2. The van der Waals surface area contributed by atoms with Gasteiger partial charge in [0.25, 0.3) is 0 Å². The van der Waals surface area contributed by atoms with E-state index in [0.717, 1.165) is 16.4 Å². The predicted octanol–water partition coefficient (Wildman–Crippen LogP) is 2.27. The molecule has 2 rings (SSSR count). The third-order valence-corrected chi connectivity index (χ3v) is 2.78. The number of carbonyl (C=O) groups excluding carboxylic acids is 1. The number of rotatable bonds is 3. The van der Waals surface area contributed by atoms with Gasteiger partial charge in [0.05, 0.1) is 6.42 Å². The SMILES string of the molecule is Cc1nsc(CC(=O)c2ccccc2)n1. The highest BCUT2D eigenvalue weighted by Crippen LogP contribution is 2.09. The van der Waals surface area contributed by atoms with Crippen LogP contribution in [-0.2, 0) is 6.42 Å². The number of nitrogens with zero attached hydrogens (tertiary/aromatic N) is 2. The number of carbonyl (C=O) groups is 1. The van der Waals surface area contributed by atoms with Gasteiger partial charge in [0.1, 0.15) is 10.8 Å². The first kappa shape index (κ1) is 9.98. The van der Waals surface area contributed by atoms with Crippen molar-refractivity contribution in [1.29, 1.82) is 0 Å². The summed E-state index contributed by atoms with van der Waals surface area (Å²) in [5.41, 5.74) is 0.727. The smallest absolute Gasteiger partial charge is 0.169 e. The van der Waals surface area contributed by atoms with E-state index in [0.29, 0.717) is 6.42 Å². The molecule has 2 aromatic rings. The second kappa shape index (κ2) is 4.31. The first-order chi connectivity index (χ1) is 7.25. The Morgan fingerprint density at radius 1 is 1.33 bits per heavy atom. The highest BCUT2D eigenvalue weighted by Gasteiger charge is 2.09. The fourth-order valence-electron chi connectivity index (χ4n) is 1.28. The van der Waals surface area contributed by atoms with Crippen LogP contribution in [0.4, 0.5) is 0 Å². The van der Waals surface area contributed by atoms with Crippen LogP contribution in [0.1, 0.15) is 21.2 Å². The third kappa shape index (κ3) is 2.47. The quantitative estimate of drug-likeness (QED) is 0.742. The number of Topliss-reactive ketones (excluding diaryl/α,β-unsaturated/α-hetero) is 1. The summed E-state index contributed by atoms with van der Waals surface area (Å²) in [5, 5.41) is 0.779. The zero-order valence-corrected chi connectivity index (χ0v) is 9.12. The van der Waals surface area contributed by atoms with Gasteiger partial charge in [-0.05, 0) is 18.5 Å². The van der Waals surface area contributed by atoms with Crippen LogP contribution in [0.5, 0.6) is 0 Å². The lowest BCUT2D eigenvalue weighted by Crippen LogP contribution is -2.02. The number of benzene rings is 1. The molecule has 1 aromatic heterocycles. The molecular weight excluding hydrogens is 208 g/mol. The Hall–Kier alpha value is -1.55. The van der Waals surface area contributed by atoms with Crippen LogP contribution in [0.25, 0.3) is 0 Å².